The van der Waals surface area contributed by atoms with Gasteiger partial charge >= 0.3 is 5.97 Å². The molecule has 2 fully saturated rings. The van der Waals surface area contributed by atoms with E-state index < -0.39 is 0 Å². The van der Waals surface area contributed by atoms with Crippen LogP contribution in [0.15, 0.2) is 24.5 Å². The lowest BCUT2D eigenvalue weighted by atomic mass is 9.96. The van der Waals surface area contributed by atoms with E-state index in [0.717, 1.165) is 25.3 Å². The zero-order valence-corrected chi connectivity index (χ0v) is 16.2. The Morgan fingerprint density at radius 3 is 2.70 bits per heavy atom. The number of esters is 1. The minimum absolute atomic E-state index is 0.0756. The third kappa shape index (κ3) is 4.97. The predicted molar refractivity (Wildman–Crippen MR) is 100 cm³/mol. The highest BCUT2D eigenvalue weighted by molar-refractivity contribution is 5.82. The monoisotopic (exact) mass is 375 g/mol. The molecule has 0 spiro atoms. The Bertz CT molecular complexity index is 631. The van der Waals surface area contributed by atoms with Crippen molar-refractivity contribution in [3.05, 3.63) is 24.5 Å². The summed E-state index contributed by atoms with van der Waals surface area (Å²) in [6.07, 6.45) is 5.79. The van der Waals surface area contributed by atoms with E-state index in [-0.39, 0.29) is 29.9 Å². The van der Waals surface area contributed by atoms with Crippen molar-refractivity contribution < 1.29 is 19.1 Å². The molecule has 1 aromatic rings. The average molecular weight is 375 g/mol. The van der Waals surface area contributed by atoms with Crippen LogP contribution in [-0.4, -0.2) is 71.6 Å². The van der Waals surface area contributed by atoms with Crippen LogP contribution >= 0.6 is 0 Å². The van der Waals surface area contributed by atoms with Gasteiger partial charge in [0.1, 0.15) is 11.9 Å². The van der Waals surface area contributed by atoms with E-state index in [0.29, 0.717) is 32.5 Å². The zero-order valence-electron chi connectivity index (χ0n) is 16.2. The van der Waals surface area contributed by atoms with Gasteiger partial charge in [0.25, 0.3) is 0 Å². The van der Waals surface area contributed by atoms with Crippen molar-refractivity contribution in [3.8, 4) is 5.75 Å². The van der Waals surface area contributed by atoms with Gasteiger partial charge in [0.2, 0.25) is 5.91 Å². The van der Waals surface area contributed by atoms with Crippen LogP contribution in [0.1, 0.15) is 33.1 Å². The summed E-state index contributed by atoms with van der Waals surface area (Å²) in [4.78, 5) is 32.9. The van der Waals surface area contributed by atoms with Crippen LogP contribution in [-0.2, 0) is 14.3 Å². The van der Waals surface area contributed by atoms with Crippen LogP contribution < -0.4 is 4.74 Å². The van der Waals surface area contributed by atoms with Gasteiger partial charge in [-0.15, -0.1) is 0 Å². The summed E-state index contributed by atoms with van der Waals surface area (Å²) in [5.41, 5.74) is 0. The number of hydrogen-bond donors (Lipinski definition) is 0. The molecule has 2 aliphatic rings. The molecule has 27 heavy (non-hydrogen) atoms. The number of pyridine rings is 1. The van der Waals surface area contributed by atoms with Gasteiger partial charge < -0.3 is 14.4 Å². The summed E-state index contributed by atoms with van der Waals surface area (Å²) >= 11 is 0. The maximum Gasteiger partial charge on any atom is 0.309 e. The molecule has 3 heterocycles. The highest BCUT2D eigenvalue weighted by atomic mass is 16.5. The van der Waals surface area contributed by atoms with E-state index in [1.54, 1.807) is 12.4 Å². The number of likely N-dealkylation sites (tertiary alicyclic amines) is 2. The minimum Gasteiger partial charge on any atom is -0.487 e. The fourth-order valence-electron chi connectivity index (χ4n) is 3.83. The second kappa shape index (κ2) is 9.17. The minimum atomic E-state index is -0.174. The van der Waals surface area contributed by atoms with E-state index in [2.05, 4.69) is 9.88 Å². The van der Waals surface area contributed by atoms with Crippen molar-refractivity contribution in [2.75, 3.05) is 32.8 Å². The van der Waals surface area contributed by atoms with Crippen LogP contribution in [0.4, 0.5) is 0 Å². The second-order valence-corrected chi connectivity index (χ2v) is 7.24. The Morgan fingerprint density at radius 2 is 2.04 bits per heavy atom. The molecule has 0 N–H and O–H groups in total. The Kier molecular flexibility index (Phi) is 6.66. The quantitative estimate of drug-likeness (QED) is 0.705. The van der Waals surface area contributed by atoms with E-state index in [1.165, 1.54) is 0 Å². The number of ether oxygens (including phenoxy) is 2. The van der Waals surface area contributed by atoms with Crippen molar-refractivity contribution in [3.63, 3.8) is 0 Å². The molecule has 0 aromatic carbocycles. The van der Waals surface area contributed by atoms with Gasteiger partial charge in [-0.05, 0) is 45.2 Å². The predicted octanol–water partition coefficient (Wildman–Crippen LogP) is 1.72. The third-order valence-electron chi connectivity index (χ3n) is 5.45. The molecular weight excluding hydrogens is 346 g/mol. The molecule has 3 rings (SSSR count). The average Bonchev–Trinajstić information content (AvgIpc) is 3.16. The fourth-order valence-corrected chi connectivity index (χ4v) is 3.83. The summed E-state index contributed by atoms with van der Waals surface area (Å²) in [5, 5.41) is 0. The number of nitrogens with zero attached hydrogens (tertiary/aromatic N) is 3. The summed E-state index contributed by atoms with van der Waals surface area (Å²) in [6, 6.07) is 3.58. The molecule has 0 saturated carbocycles. The molecule has 2 aliphatic heterocycles. The molecular formula is C20H29N3O4. The van der Waals surface area contributed by atoms with Gasteiger partial charge in [0.05, 0.1) is 24.8 Å². The molecule has 2 unspecified atom stereocenters. The third-order valence-corrected chi connectivity index (χ3v) is 5.45. The van der Waals surface area contributed by atoms with Gasteiger partial charge in [0, 0.05) is 32.4 Å². The Labute approximate surface area is 160 Å². The van der Waals surface area contributed by atoms with Gasteiger partial charge in [-0.1, -0.05) is 0 Å². The first-order valence-corrected chi connectivity index (χ1v) is 9.84. The molecule has 7 heteroatoms. The van der Waals surface area contributed by atoms with Crippen molar-refractivity contribution in [2.45, 2.75) is 45.3 Å². The number of piperidine rings is 1. The number of carbonyl (C=O) groups excluding carboxylic acids is 2. The maximum absolute atomic E-state index is 12.9. The summed E-state index contributed by atoms with van der Waals surface area (Å²) < 4.78 is 11.1. The first kappa shape index (κ1) is 19.6. The molecule has 2 saturated heterocycles. The zero-order chi connectivity index (χ0) is 19.2. The van der Waals surface area contributed by atoms with Crippen molar-refractivity contribution in [1.29, 1.82) is 0 Å². The van der Waals surface area contributed by atoms with Crippen molar-refractivity contribution >= 4 is 11.9 Å². The smallest absolute Gasteiger partial charge is 0.309 e. The summed E-state index contributed by atoms with van der Waals surface area (Å²) in [7, 11) is 0. The highest BCUT2D eigenvalue weighted by Gasteiger charge is 2.35. The lowest BCUT2D eigenvalue weighted by molar-refractivity contribution is -0.151. The van der Waals surface area contributed by atoms with Crippen LogP contribution in [0.2, 0.25) is 0 Å². The molecule has 0 radical (unpaired) electrons. The van der Waals surface area contributed by atoms with Gasteiger partial charge in [-0.3, -0.25) is 19.5 Å². The van der Waals surface area contributed by atoms with E-state index in [4.69, 9.17) is 9.47 Å². The molecule has 0 aliphatic carbocycles. The summed E-state index contributed by atoms with van der Waals surface area (Å²) in [6.45, 7) is 7.02. The molecule has 0 bridgehead atoms. The topological polar surface area (TPSA) is 72.0 Å². The fraction of sp³-hybridized carbons (Fsp3) is 0.650. The van der Waals surface area contributed by atoms with Crippen molar-refractivity contribution in [2.24, 2.45) is 5.92 Å². The number of aromatic nitrogens is 1. The summed E-state index contributed by atoms with van der Waals surface area (Å²) in [5.74, 6) is 0.699. The molecule has 1 aromatic heterocycles. The van der Waals surface area contributed by atoms with Crippen LogP contribution in [0.25, 0.3) is 0 Å². The lowest BCUT2D eigenvalue weighted by Crippen LogP contribution is -2.49. The molecule has 2 atom stereocenters. The Morgan fingerprint density at radius 1 is 1.26 bits per heavy atom. The van der Waals surface area contributed by atoms with Crippen molar-refractivity contribution in [1.82, 2.24) is 14.8 Å². The van der Waals surface area contributed by atoms with Gasteiger partial charge in [-0.2, -0.15) is 0 Å². The Balaban J connectivity index is 1.46. The number of hydrogen-bond acceptors (Lipinski definition) is 6. The van der Waals surface area contributed by atoms with Crippen LogP contribution in [0.3, 0.4) is 0 Å². The lowest BCUT2D eigenvalue weighted by Gasteiger charge is -2.34. The largest absolute Gasteiger partial charge is 0.487 e. The van der Waals surface area contributed by atoms with E-state index in [1.807, 2.05) is 30.9 Å². The van der Waals surface area contributed by atoms with E-state index in [9.17, 15) is 9.59 Å². The van der Waals surface area contributed by atoms with Gasteiger partial charge in [0.15, 0.2) is 0 Å². The highest BCUT2D eigenvalue weighted by Crippen LogP contribution is 2.23. The number of amides is 1. The SMILES string of the molecule is CCOC(=O)C1CCN(C(=O)C(C)N2CCC(Oc3cccnc3)C2)CC1. The standard InChI is InChI=1S/C20H29N3O4/c1-3-26-20(25)16-6-10-22(11-7-16)19(24)15(2)23-12-8-18(14-23)27-17-5-4-9-21-13-17/h4-5,9,13,15-16,18H,3,6-8,10-12,14H2,1-2H3. The normalized spacial score (nSPS) is 22.4. The molecule has 7 nitrogen and oxygen atoms in total. The molecule has 148 valence electrons. The van der Waals surface area contributed by atoms with Crippen LogP contribution in [0, 0.1) is 5.92 Å². The Hall–Kier alpha value is -2.15. The number of rotatable bonds is 6. The second-order valence-electron chi connectivity index (χ2n) is 7.24. The number of carbonyl (C=O) groups is 2. The molecule has 1 amide bonds. The van der Waals surface area contributed by atoms with Crippen LogP contribution in [0.5, 0.6) is 5.75 Å². The van der Waals surface area contributed by atoms with Gasteiger partial charge in [-0.25, -0.2) is 0 Å². The first-order chi connectivity index (χ1) is 13.1. The first-order valence-electron chi connectivity index (χ1n) is 9.84. The maximum atomic E-state index is 12.9. The van der Waals surface area contributed by atoms with E-state index >= 15 is 0 Å².